The molecule has 68 valence electrons. The molecule has 0 aliphatic rings. The maximum Gasteiger partial charge on any atom is 0.174 e. The number of aromatic nitrogens is 2. The molecule has 0 spiro atoms. The molecule has 0 aliphatic heterocycles. The predicted octanol–water partition coefficient (Wildman–Crippen LogP) is 3.05. The quantitative estimate of drug-likeness (QED) is 0.453. The lowest BCUT2D eigenvalue weighted by Gasteiger charge is -1.81. The second-order valence-corrected chi connectivity index (χ2v) is 3.21. The highest BCUT2D eigenvalue weighted by molar-refractivity contribution is 7.80. The van der Waals surface area contributed by atoms with Crippen molar-refractivity contribution in [2.75, 3.05) is 0 Å². The molecular formula is C9H10N2S2. The van der Waals surface area contributed by atoms with Crippen LogP contribution in [0, 0.1) is 4.77 Å². The summed E-state index contributed by atoms with van der Waals surface area (Å²) in [5.41, 5.74) is 0. The van der Waals surface area contributed by atoms with E-state index in [0.717, 1.165) is 4.90 Å². The van der Waals surface area contributed by atoms with E-state index in [1.165, 1.54) is 0 Å². The number of thiol groups is 1. The SMILES string of the molecule is S=c1[nH]cc[nH]1.Sc1ccccc1. The van der Waals surface area contributed by atoms with Gasteiger partial charge in [-0.25, -0.2) is 0 Å². The van der Waals surface area contributed by atoms with E-state index in [1.807, 2.05) is 30.3 Å². The summed E-state index contributed by atoms with van der Waals surface area (Å²) in [4.78, 5) is 6.53. The Labute approximate surface area is 87.4 Å². The fourth-order valence-electron chi connectivity index (χ4n) is 0.704. The van der Waals surface area contributed by atoms with Gasteiger partial charge in [0.15, 0.2) is 4.77 Å². The molecule has 0 saturated heterocycles. The van der Waals surface area contributed by atoms with Crippen LogP contribution in [0.5, 0.6) is 0 Å². The van der Waals surface area contributed by atoms with E-state index >= 15 is 0 Å². The van der Waals surface area contributed by atoms with Gasteiger partial charge in [-0.1, -0.05) is 18.2 Å². The zero-order valence-electron chi connectivity index (χ0n) is 6.90. The highest BCUT2D eigenvalue weighted by Gasteiger charge is 1.73. The van der Waals surface area contributed by atoms with Crippen molar-refractivity contribution in [3.8, 4) is 0 Å². The van der Waals surface area contributed by atoms with Crippen molar-refractivity contribution in [1.29, 1.82) is 0 Å². The summed E-state index contributed by atoms with van der Waals surface area (Å²) >= 11 is 8.72. The number of imidazole rings is 1. The first kappa shape index (κ1) is 10.1. The van der Waals surface area contributed by atoms with E-state index in [9.17, 15) is 0 Å². The van der Waals surface area contributed by atoms with Gasteiger partial charge in [-0.3, -0.25) is 0 Å². The largest absolute Gasteiger partial charge is 0.338 e. The molecule has 4 heteroatoms. The molecule has 2 rings (SSSR count). The lowest BCUT2D eigenvalue weighted by Crippen LogP contribution is -1.56. The number of benzene rings is 1. The molecular weight excluding hydrogens is 200 g/mol. The van der Waals surface area contributed by atoms with Crippen LogP contribution in [0.4, 0.5) is 0 Å². The summed E-state index contributed by atoms with van der Waals surface area (Å²) in [6.07, 6.45) is 3.50. The Kier molecular flexibility index (Phi) is 4.35. The van der Waals surface area contributed by atoms with Crippen LogP contribution in [0.15, 0.2) is 47.6 Å². The van der Waals surface area contributed by atoms with Gasteiger partial charge >= 0.3 is 0 Å². The van der Waals surface area contributed by atoms with Crippen LogP contribution in [-0.4, -0.2) is 9.97 Å². The first-order valence-corrected chi connectivity index (χ1v) is 4.60. The van der Waals surface area contributed by atoms with Crippen LogP contribution in [0.25, 0.3) is 0 Å². The van der Waals surface area contributed by atoms with Crippen molar-refractivity contribution in [3.63, 3.8) is 0 Å². The van der Waals surface area contributed by atoms with Gasteiger partial charge in [0.2, 0.25) is 0 Å². The van der Waals surface area contributed by atoms with Crippen LogP contribution in [0.1, 0.15) is 0 Å². The number of H-pyrrole nitrogens is 2. The molecule has 1 aromatic carbocycles. The van der Waals surface area contributed by atoms with Crippen molar-refractivity contribution in [1.82, 2.24) is 9.97 Å². The summed E-state index contributed by atoms with van der Waals surface area (Å²) in [6.45, 7) is 0. The third-order valence-corrected chi connectivity index (χ3v) is 1.80. The topological polar surface area (TPSA) is 31.6 Å². The maximum atomic E-state index is 4.63. The minimum Gasteiger partial charge on any atom is -0.338 e. The van der Waals surface area contributed by atoms with Gasteiger partial charge in [0, 0.05) is 17.3 Å². The maximum absolute atomic E-state index is 4.63. The molecule has 2 N–H and O–H groups in total. The summed E-state index contributed by atoms with van der Waals surface area (Å²) in [6, 6.07) is 9.79. The van der Waals surface area contributed by atoms with Gasteiger partial charge in [0.1, 0.15) is 0 Å². The molecule has 2 aromatic rings. The Morgan fingerprint density at radius 2 is 1.54 bits per heavy atom. The van der Waals surface area contributed by atoms with Crippen LogP contribution < -0.4 is 0 Å². The average Bonchev–Trinajstić information content (AvgIpc) is 2.58. The molecule has 0 saturated carbocycles. The van der Waals surface area contributed by atoms with Crippen LogP contribution in [-0.2, 0) is 0 Å². The Morgan fingerprint density at radius 3 is 1.77 bits per heavy atom. The van der Waals surface area contributed by atoms with Crippen molar-refractivity contribution >= 4 is 24.8 Å². The molecule has 0 bridgehead atoms. The summed E-state index contributed by atoms with van der Waals surface area (Å²) < 4.78 is 0.676. The molecule has 0 amide bonds. The van der Waals surface area contributed by atoms with Crippen molar-refractivity contribution < 1.29 is 0 Å². The molecule has 1 heterocycles. The molecule has 1 aromatic heterocycles. The second kappa shape index (κ2) is 5.61. The summed E-state index contributed by atoms with van der Waals surface area (Å²) in [7, 11) is 0. The Hall–Kier alpha value is -1.00. The molecule has 0 fully saturated rings. The highest BCUT2D eigenvalue weighted by Crippen LogP contribution is 2.00. The first-order valence-electron chi connectivity index (χ1n) is 3.75. The highest BCUT2D eigenvalue weighted by atomic mass is 32.1. The van der Waals surface area contributed by atoms with Crippen molar-refractivity contribution in [2.24, 2.45) is 0 Å². The standard InChI is InChI=1S/C6H6S.C3H4N2S/c7-6-4-2-1-3-5-6;6-3-4-1-2-5-3/h1-5,7H;1-2H,(H2,4,5,6). The van der Waals surface area contributed by atoms with E-state index < -0.39 is 0 Å². The predicted molar refractivity (Wildman–Crippen MR) is 59.7 cm³/mol. The van der Waals surface area contributed by atoms with Gasteiger partial charge in [-0.05, 0) is 24.4 Å². The minimum absolute atomic E-state index is 0.676. The lowest BCUT2D eigenvalue weighted by atomic mass is 10.4. The first-order chi connectivity index (χ1) is 6.29. The number of aromatic amines is 2. The van der Waals surface area contributed by atoms with Gasteiger partial charge < -0.3 is 9.97 Å². The summed E-state index contributed by atoms with van der Waals surface area (Å²) in [5.74, 6) is 0. The molecule has 0 atom stereocenters. The number of hydrogen-bond acceptors (Lipinski definition) is 2. The van der Waals surface area contributed by atoms with E-state index in [-0.39, 0.29) is 0 Å². The van der Waals surface area contributed by atoms with Crippen LogP contribution >= 0.6 is 24.8 Å². The molecule has 2 nitrogen and oxygen atoms in total. The van der Waals surface area contributed by atoms with E-state index in [4.69, 9.17) is 0 Å². The smallest absolute Gasteiger partial charge is 0.174 e. The molecule has 0 radical (unpaired) electrons. The van der Waals surface area contributed by atoms with Gasteiger partial charge in [-0.2, -0.15) is 0 Å². The lowest BCUT2D eigenvalue weighted by molar-refractivity contribution is 1.27. The number of rotatable bonds is 0. The van der Waals surface area contributed by atoms with E-state index in [1.54, 1.807) is 12.4 Å². The van der Waals surface area contributed by atoms with Gasteiger partial charge in [0.25, 0.3) is 0 Å². The Bertz CT molecular complexity index is 361. The molecule has 13 heavy (non-hydrogen) atoms. The van der Waals surface area contributed by atoms with E-state index in [2.05, 4.69) is 34.8 Å². The monoisotopic (exact) mass is 210 g/mol. The normalized spacial score (nSPS) is 8.69. The number of nitrogens with one attached hydrogen (secondary N) is 2. The third-order valence-electron chi connectivity index (χ3n) is 1.27. The average molecular weight is 210 g/mol. The Balaban J connectivity index is 0.000000132. The molecule has 0 aliphatic carbocycles. The zero-order chi connectivity index (χ0) is 9.52. The van der Waals surface area contributed by atoms with Crippen molar-refractivity contribution in [3.05, 3.63) is 47.5 Å². The summed E-state index contributed by atoms with van der Waals surface area (Å²) in [5, 5.41) is 0. The zero-order valence-corrected chi connectivity index (χ0v) is 8.61. The second-order valence-electron chi connectivity index (χ2n) is 2.29. The van der Waals surface area contributed by atoms with Crippen LogP contribution in [0.2, 0.25) is 0 Å². The Morgan fingerprint density at radius 1 is 1.00 bits per heavy atom. The van der Waals surface area contributed by atoms with Gasteiger partial charge in [-0.15, -0.1) is 12.6 Å². The fraction of sp³-hybridized carbons (Fsp3) is 0. The third kappa shape index (κ3) is 4.55. The minimum atomic E-state index is 0.676. The van der Waals surface area contributed by atoms with Crippen LogP contribution in [0.3, 0.4) is 0 Å². The molecule has 0 unspecified atom stereocenters. The number of hydrogen-bond donors (Lipinski definition) is 3. The van der Waals surface area contributed by atoms with E-state index in [0.29, 0.717) is 4.77 Å². The van der Waals surface area contributed by atoms with Crippen molar-refractivity contribution in [2.45, 2.75) is 4.90 Å². The fourth-order valence-corrected chi connectivity index (χ4v) is 1.01. The van der Waals surface area contributed by atoms with Gasteiger partial charge in [0.05, 0.1) is 0 Å².